The number of fused-ring (bicyclic) bond motifs is 2. The number of nitrogens with zero attached hydrogens (tertiary/aromatic N) is 5. The first-order chi connectivity index (χ1) is 15.6. The van der Waals surface area contributed by atoms with E-state index in [1.807, 2.05) is 42.1 Å². The number of amides is 1. The highest BCUT2D eigenvalue weighted by atomic mass is 32.1. The lowest BCUT2D eigenvalue weighted by Crippen LogP contribution is -2.37. The number of aromatic nitrogens is 3. The molecule has 1 amide bonds. The number of benzene rings is 1. The second-order valence-corrected chi connectivity index (χ2v) is 9.17. The Labute approximate surface area is 191 Å². The van der Waals surface area contributed by atoms with Gasteiger partial charge in [0.05, 0.1) is 18.8 Å². The Kier molecular flexibility index (Phi) is 5.59. The van der Waals surface area contributed by atoms with Gasteiger partial charge in [-0.2, -0.15) is 5.10 Å². The molecule has 4 aromatic rings. The van der Waals surface area contributed by atoms with Gasteiger partial charge in [-0.05, 0) is 60.8 Å². The monoisotopic (exact) mass is 443 g/mol. The largest absolute Gasteiger partial charge is 0.331 e. The SMILES string of the molecule is CN(C)C/C=C/C(=O)N1CCn2nc(-c3ccc4sccc4c3)c(-c3ccncc3)c2C1. The fraction of sp³-hybridized carbons (Fsp3) is 0.240. The van der Waals surface area contributed by atoms with Crippen molar-refractivity contribution in [3.8, 4) is 22.4 Å². The standard InChI is InChI=1S/C25H25N5OS/c1-28(2)12-3-4-23(31)29-13-14-30-21(17-29)24(18-7-10-26-11-8-18)25(27-30)20-5-6-22-19(16-20)9-15-32-22/h3-11,15-16H,12-14,17H2,1-2H3/b4-3+. The normalized spacial score (nSPS) is 13.9. The minimum Gasteiger partial charge on any atom is -0.331 e. The Bertz CT molecular complexity index is 1290. The Balaban J connectivity index is 1.55. The number of thiophene rings is 1. The molecule has 32 heavy (non-hydrogen) atoms. The van der Waals surface area contributed by atoms with E-state index in [9.17, 15) is 4.79 Å². The van der Waals surface area contributed by atoms with E-state index in [1.165, 1.54) is 10.1 Å². The van der Waals surface area contributed by atoms with Gasteiger partial charge in [-0.15, -0.1) is 11.3 Å². The van der Waals surface area contributed by atoms with Crippen LogP contribution in [0.4, 0.5) is 0 Å². The smallest absolute Gasteiger partial charge is 0.246 e. The second-order valence-electron chi connectivity index (χ2n) is 8.23. The first kappa shape index (κ1) is 20.6. The molecule has 0 atom stereocenters. The molecule has 0 unspecified atom stereocenters. The quantitative estimate of drug-likeness (QED) is 0.432. The molecular formula is C25H25N5OS. The number of pyridine rings is 1. The van der Waals surface area contributed by atoms with Gasteiger partial charge in [-0.3, -0.25) is 14.5 Å². The van der Waals surface area contributed by atoms with E-state index in [1.54, 1.807) is 29.8 Å². The fourth-order valence-corrected chi connectivity index (χ4v) is 4.88. The number of rotatable bonds is 5. The van der Waals surface area contributed by atoms with Gasteiger partial charge in [0.25, 0.3) is 0 Å². The molecule has 1 aliphatic rings. The van der Waals surface area contributed by atoms with Crippen LogP contribution in [0.15, 0.2) is 66.3 Å². The molecule has 162 valence electrons. The van der Waals surface area contributed by atoms with Crippen LogP contribution >= 0.6 is 11.3 Å². The van der Waals surface area contributed by atoms with Crippen LogP contribution in [0.5, 0.6) is 0 Å². The average Bonchev–Trinajstić information content (AvgIpc) is 3.42. The Morgan fingerprint density at radius 2 is 1.97 bits per heavy atom. The molecule has 0 saturated heterocycles. The number of carbonyl (C=O) groups excluding carboxylic acids is 1. The molecule has 4 heterocycles. The predicted octanol–water partition coefficient (Wildman–Crippen LogP) is 4.29. The first-order valence-electron chi connectivity index (χ1n) is 10.7. The maximum absolute atomic E-state index is 12.8. The van der Waals surface area contributed by atoms with E-state index < -0.39 is 0 Å². The van der Waals surface area contributed by atoms with E-state index in [-0.39, 0.29) is 5.91 Å². The number of carbonyl (C=O) groups is 1. The van der Waals surface area contributed by atoms with Gasteiger partial charge in [-0.25, -0.2) is 0 Å². The van der Waals surface area contributed by atoms with Crippen molar-refractivity contribution in [2.75, 3.05) is 27.2 Å². The van der Waals surface area contributed by atoms with Crippen molar-refractivity contribution >= 4 is 27.3 Å². The molecule has 1 aromatic carbocycles. The molecule has 0 aliphatic carbocycles. The number of likely N-dealkylation sites (N-methyl/N-ethyl adjacent to an activating group) is 1. The van der Waals surface area contributed by atoms with Crippen LogP contribution in [0.2, 0.25) is 0 Å². The van der Waals surface area contributed by atoms with E-state index >= 15 is 0 Å². The molecular weight excluding hydrogens is 418 g/mol. The minimum atomic E-state index is 0.0428. The minimum absolute atomic E-state index is 0.0428. The van der Waals surface area contributed by atoms with Crippen molar-refractivity contribution in [2.24, 2.45) is 0 Å². The van der Waals surface area contributed by atoms with Gasteiger partial charge in [0.2, 0.25) is 5.91 Å². The van der Waals surface area contributed by atoms with Gasteiger partial charge >= 0.3 is 0 Å². The van der Waals surface area contributed by atoms with Crippen molar-refractivity contribution < 1.29 is 4.79 Å². The van der Waals surface area contributed by atoms with Crippen molar-refractivity contribution in [2.45, 2.75) is 13.1 Å². The fourth-order valence-electron chi connectivity index (χ4n) is 4.11. The highest BCUT2D eigenvalue weighted by Gasteiger charge is 2.27. The lowest BCUT2D eigenvalue weighted by Gasteiger charge is -2.27. The van der Waals surface area contributed by atoms with Gasteiger partial charge in [0.15, 0.2) is 0 Å². The molecule has 0 radical (unpaired) electrons. The third-order valence-corrected chi connectivity index (χ3v) is 6.62. The van der Waals surface area contributed by atoms with E-state index in [0.717, 1.165) is 34.6 Å². The molecule has 1 aliphatic heterocycles. The molecule has 0 fully saturated rings. The van der Waals surface area contributed by atoms with E-state index in [4.69, 9.17) is 5.10 Å². The Morgan fingerprint density at radius 1 is 1.12 bits per heavy atom. The van der Waals surface area contributed by atoms with E-state index in [0.29, 0.717) is 19.6 Å². The Hall–Kier alpha value is -3.29. The number of hydrogen-bond donors (Lipinski definition) is 0. The molecule has 3 aromatic heterocycles. The van der Waals surface area contributed by atoms with Gasteiger partial charge in [0, 0.05) is 47.4 Å². The van der Waals surface area contributed by atoms with Crippen LogP contribution in [0.25, 0.3) is 32.5 Å². The summed E-state index contributed by atoms with van der Waals surface area (Å²) in [6.07, 6.45) is 7.21. The lowest BCUT2D eigenvalue weighted by atomic mass is 9.98. The predicted molar refractivity (Wildman–Crippen MR) is 129 cm³/mol. The Morgan fingerprint density at radius 3 is 2.78 bits per heavy atom. The summed E-state index contributed by atoms with van der Waals surface area (Å²) in [4.78, 5) is 20.9. The maximum Gasteiger partial charge on any atom is 0.246 e. The molecule has 5 rings (SSSR count). The summed E-state index contributed by atoms with van der Waals surface area (Å²) in [6.45, 7) is 2.62. The van der Waals surface area contributed by atoms with Gasteiger partial charge in [-0.1, -0.05) is 12.1 Å². The summed E-state index contributed by atoms with van der Waals surface area (Å²) in [5, 5.41) is 8.34. The topological polar surface area (TPSA) is 54.3 Å². The maximum atomic E-state index is 12.8. The van der Waals surface area contributed by atoms with Crippen molar-refractivity contribution in [3.05, 3.63) is 72.0 Å². The summed E-state index contributed by atoms with van der Waals surface area (Å²) in [7, 11) is 3.98. The molecule has 6 nitrogen and oxygen atoms in total. The molecule has 0 bridgehead atoms. The summed E-state index contributed by atoms with van der Waals surface area (Å²) in [5.74, 6) is 0.0428. The molecule has 0 N–H and O–H groups in total. The summed E-state index contributed by atoms with van der Waals surface area (Å²) < 4.78 is 3.33. The van der Waals surface area contributed by atoms with Crippen molar-refractivity contribution in [3.63, 3.8) is 0 Å². The summed E-state index contributed by atoms with van der Waals surface area (Å²) in [5.41, 5.74) is 5.26. The zero-order chi connectivity index (χ0) is 22.1. The van der Waals surface area contributed by atoms with E-state index in [2.05, 4.69) is 39.3 Å². The van der Waals surface area contributed by atoms with Gasteiger partial charge in [0.1, 0.15) is 5.69 Å². The third kappa shape index (κ3) is 3.97. The average molecular weight is 444 g/mol. The number of hydrogen-bond acceptors (Lipinski definition) is 5. The highest BCUT2D eigenvalue weighted by molar-refractivity contribution is 7.17. The van der Waals surface area contributed by atoms with Crippen LogP contribution in [-0.2, 0) is 17.9 Å². The zero-order valence-corrected chi connectivity index (χ0v) is 19.0. The zero-order valence-electron chi connectivity index (χ0n) is 18.2. The van der Waals surface area contributed by atoms with Crippen molar-refractivity contribution in [1.29, 1.82) is 0 Å². The third-order valence-electron chi connectivity index (χ3n) is 5.72. The summed E-state index contributed by atoms with van der Waals surface area (Å²) in [6, 6.07) is 12.7. The van der Waals surface area contributed by atoms with Crippen LogP contribution in [0.3, 0.4) is 0 Å². The molecule has 0 spiro atoms. The van der Waals surface area contributed by atoms with Gasteiger partial charge < -0.3 is 9.80 Å². The summed E-state index contributed by atoms with van der Waals surface area (Å²) >= 11 is 1.74. The molecule has 7 heteroatoms. The second kappa shape index (κ2) is 8.68. The molecule has 0 saturated carbocycles. The van der Waals surface area contributed by atoms with Crippen LogP contribution in [-0.4, -0.2) is 57.7 Å². The van der Waals surface area contributed by atoms with Crippen molar-refractivity contribution in [1.82, 2.24) is 24.6 Å². The van der Waals surface area contributed by atoms with Crippen LogP contribution in [0.1, 0.15) is 5.69 Å². The van der Waals surface area contributed by atoms with Crippen LogP contribution in [0, 0.1) is 0 Å². The highest BCUT2D eigenvalue weighted by Crippen LogP contribution is 2.37. The lowest BCUT2D eigenvalue weighted by molar-refractivity contribution is -0.127. The van der Waals surface area contributed by atoms with Crippen LogP contribution < -0.4 is 0 Å². The first-order valence-corrected chi connectivity index (χ1v) is 11.6.